The van der Waals surface area contributed by atoms with Crippen molar-refractivity contribution in [1.29, 1.82) is 0 Å². The third-order valence-corrected chi connectivity index (χ3v) is 3.04. The number of esters is 1. The van der Waals surface area contributed by atoms with Crippen molar-refractivity contribution in [3.8, 4) is 11.1 Å². The van der Waals surface area contributed by atoms with Gasteiger partial charge >= 0.3 is 5.97 Å². The second-order valence-electron chi connectivity index (χ2n) is 4.18. The smallest absolute Gasteiger partial charge is 0.340 e. The van der Waals surface area contributed by atoms with E-state index in [1.807, 2.05) is 36.4 Å². The molecule has 0 aliphatic rings. The number of hydrogen-bond donors (Lipinski definition) is 1. The molecule has 0 fully saturated rings. The monoisotopic (exact) mass is 252 g/mol. The highest BCUT2D eigenvalue weighted by Crippen LogP contribution is 2.24. The van der Waals surface area contributed by atoms with Crippen LogP contribution in [-0.2, 0) is 4.74 Å². The molecular weight excluding hydrogens is 240 g/mol. The molecule has 4 heteroatoms. The lowest BCUT2D eigenvalue weighted by atomic mass is 10.1. The molecule has 3 rings (SSSR count). The number of benzene rings is 1. The van der Waals surface area contributed by atoms with Gasteiger partial charge in [-0.3, -0.25) is 0 Å². The van der Waals surface area contributed by atoms with Crippen LogP contribution in [0.1, 0.15) is 10.4 Å². The first-order valence-electron chi connectivity index (χ1n) is 5.90. The number of nitrogens with zero attached hydrogens (tertiary/aromatic N) is 1. The summed E-state index contributed by atoms with van der Waals surface area (Å²) in [4.78, 5) is 19.0. The number of hydrogen-bond acceptors (Lipinski definition) is 3. The zero-order valence-electron chi connectivity index (χ0n) is 10.4. The van der Waals surface area contributed by atoms with Crippen molar-refractivity contribution >= 4 is 17.0 Å². The van der Waals surface area contributed by atoms with Gasteiger partial charge in [0.15, 0.2) is 0 Å². The number of carbonyl (C=O) groups excluding carboxylic acids is 1. The summed E-state index contributed by atoms with van der Waals surface area (Å²) >= 11 is 0. The number of pyridine rings is 1. The van der Waals surface area contributed by atoms with Crippen molar-refractivity contribution in [1.82, 2.24) is 9.97 Å². The van der Waals surface area contributed by atoms with E-state index >= 15 is 0 Å². The highest BCUT2D eigenvalue weighted by atomic mass is 16.5. The minimum atomic E-state index is -0.363. The molecule has 4 nitrogen and oxygen atoms in total. The summed E-state index contributed by atoms with van der Waals surface area (Å²) in [5, 5.41) is 0.771. The fourth-order valence-corrected chi connectivity index (χ4v) is 2.07. The Labute approximate surface area is 110 Å². The molecule has 94 valence electrons. The number of carbonyl (C=O) groups is 1. The van der Waals surface area contributed by atoms with Crippen molar-refractivity contribution in [2.45, 2.75) is 0 Å². The minimum Gasteiger partial charge on any atom is -0.465 e. The van der Waals surface area contributed by atoms with E-state index in [2.05, 4.69) is 9.97 Å². The lowest BCUT2D eigenvalue weighted by molar-refractivity contribution is 0.0603. The molecule has 0 radical (unpaired) electrons. The molecule has 0 saturated heterocycles. The third kappa shape index (κ3) is 1.97. The molecule has 0 unspecified atom stereocenters. The Hall–Kier alpha value is -2.62. The molecule has 1 N–H and O–H groups in total. The molecule has 0 aliphatic heterocycles. The van der Waals surface area contributed by atoms with E-state index in [0.29, 0.717) is 11.2 Å². The molecule has 2 heterocycles. The first kappa shape index (κ1) is 11.5. The average molecular weight is 252 g/mol. The molecule has 0 amide bonds. The molecular formula is C15H12N2O2. The van der Waals surface area contributed by atoms with Crippen molar-refractivity contribution in [3.05, 3.63) is 54.4 Å². The highest BCUT2D eigenvalue weighted by molar-refractivity contribution is 6.03. The first-order chi connectivity index (χ1) is 9.29. The summed E-state index contributed by atoms with van der Waals surface area (Å²) in [6.45, 7) is 0. The van der Waals surface area contributed by atoms with E-state index < -0.39 is 0 Å². The zero-order valence-corrected chi connectivity index (χ0v) is 10.4. The van der Waals surface area contributed by atoms with Crippen LogP contribution in [-0.4, -0.2) is 23.0 Å². The van der Waals surface area contributed by atoms with Crippen LogP contribution in [0.3, 0.4) is 0 Å². The number of aromatic amines is 1. The summed E-state index contributed by atoms with van der Waals surface area (Å²) in [6.07, 6.45) is 3.41. The van der Waals surface area contributed by atoms with Crippen LogP contribution in [0.25, 0.3) is 22.2 Å². The number of ether oxygens (including phenoxy) is 1. The van der Waals surface area contributed by atoms with Crippen molar-refractivity contribution < 1.29 is 9.53 Å². The molecule has 19 heavy (non-hydrogen) atoms. The van der Waals surface area contributed by atoms with Crippen molar-refractivity contribution in [2.24, 2.45) is 0 Å². The molecule has 2 aromatic heterocycles. The van der Waals surface area contributed by atoms with Gasteiger partial charge in [-0.2, -0.15) is 0 Å². The highest BCUT2D eigenvalue weighted by Gasteiger charge is 2.13. The molecule has 1 aromatic carbocycles. The molecule has 0 saturated carbocycles. The normalized spacial score (nSPS) is 10.6. The van der Waals surface area contributed by atoms with Gasteiger partial charge in [-0.15, -0.1) is 0 Å². The summed E-state index contributed by atoms with van der Waals surface area (Å²) in [7, 11) is 1.37. The maximum atomic E-state index is 11.7. The lowest BCUT2D eigenvalue weighted by Crippen LogP contribution is -1.99. The van der Waals surface area contributed by atoms with Crippen LogP contribution < -0.4 is 0 Å². The SMILES string of the molecule is COC(=O)c1c[nH]c2ncc(-c3ccccc3)cc12. The van der Waals surface area contributed by atoms with Crippen LogP contribution in [0, 0.1) is 0 Å². The zero-order chi connectivity index (χ0) is 13.2. The largest absolute Gasteiger partial charge is 0.465 e. The van der Waals surface area contributed by atoms with Gasteiger partial charge in [0.2, 0.25) is 0 Å². The van der Waals surface area contributed by atoms with Crippen LogP contribution in [0.15, 0.2) is 48.8 Å². The van der Waals surface area contributed by atoms with E-state index in [1.54, 1.807) is 12.4 Å². The molecule has 0 spiro atoms. The number of H-pyrrole nitrogens is 1. The number of rotatable bonds is 2. The van der Waals surface area contributed by atoms with Gasteiger partial charge in [0.05, 0.1) is 12.7 Å². The second-order valence-corrected chi connectivity index (χ2v) is 4.18. The number of aromatic nitrogens is 2. The summed E-state index contributed by atoms with van der Waals surface area (Å²) in [5.41, 5.74) is 3.22. The van der Waals surface area contributed by atoms with Gasteiger partial charge in [-0.25, -0.2) is 9.78 Å². The Morgan fingerprint density at radius 3 is 2.74 bits per heavy atom. The Morgan fingerprint density at radius 1 is 1.21 bits per heavy atom. The van der Waals surface area contributed by atoms with Gasteiger partial charge in [-0.1, -0.05) is 30.3 Å². The molecule has 0 bridgehead atoms. The molecule has 0 atom stereocenters. The van der Waals surface area contributed by atoms with Crippen LogP contribution >= 0.6 is 0 Å². The summed E-state index contributed by atoms with van der Waals surface area (Å²) < 4.78 is 4.76. The van der Waals surface area contributed by atoms with Gasteiger partial charge in [0, 0.05) is 23.3 Å². The van der Waals surface area contributed by atoms with E-state index in [-0.39, 0.29) is 5.97 Å². The predicted octanol–water partition coefficient (Wildman–Crippen LogP) is 3.02. The van der Waals surface area contributed by atoms with Gasteiger partial charge in [0.25, 0.3) is 0 Å². The number of methoxy groups -OCH3 is 1. The standard InChI is InChI=1S/C15H12N2O2/c1-19-15(18)13-9-17-14-12(13)7-11(8-16-14)10-5-3-2-4-6-10/h2-9H,1H3,(H,16,17). The van der Waals surface area contributed by atoms with Gasteiger partial charge in [0.1, 0.15) is 5.65 Å². The quantitative estimate of drug-likeness (QED) is 0.713. The average Bonchev–Trinajstić information content (AvgIpc) is 2.90. The van der Waals surface area contributed by atoms with E-state index in [1.165, 1.54) is 7.11 Å². The van der Waals surface area contributed by atoms with Gasteiger partial charge in [-0.05, 0) is 11.6 Å². The van der Waals surface area contributed by atoms with E-state index in [0.717, 1.165) is 16.5 Å². The summed E-state index contributed by atoms with van der Waals surface area (Å²) in [6, 6.07) is 11.9. The predicted molar refractivity (Wildman–Crippen MR) is 72.9 cm³/mol. The van der Waals surface area contributed by atoms with Crippen molar-refractivity contribution in [2.75, 3.05) is 7.11 Å². The Balaban J connectivity index is 2.17. The summed E-state index contributed by atoms with van der Waals surface area (Å²) in [5.74, 6) is -0.363. The van der Waals surface area contributed by atoms with E-state index in [4.69, 9.17) is 4.74 Å². The van der Waals surface area contributed by atoms with Crippen LogP contribution in [0.5, 0.6) is 0 Å². The first-order valence-corrected chi connectivity index (χ1v) is 5.90. The van der Waals surface area contributed by atoms with E-state index in [9.17, 15) is 4.79 Å². The second kappa shape index (κ2) is 4.57. The molecule has 0 aliphatic carbocycles. The van der Waals surface area contributed by atoms with Crippen LogP contribution in [0.2, 0.25) is 0 Å². The van der Waals surface area contributed by atoms with Gasteiger partial charge < -0.3 is 9.72 Å². The maximum absolute atomic E-state index is 11.7. The third-order valence-electron chi connectivity index (χ3n) is 3.04. The Morgan fingerprint density at radius 2 is 2.00 bits per heavy atom. The fourth-order valence-electron chi connectivity index (χ4n) is 2.07. The lowest BCUT2D eigenvalue weighted by Gasteiger charge is -2.02. The Kier molecular flexibility index (Phi) is 2.76. The number of fused-ring (bicyclic) bond motifs is 1. The fraction of sp³-hybridized carbons (Fsp3) is 0.0667. The van der Waals surface area contributed by atoms with Crippen LogP contribution in [0.4, 0.5) is 0 Å². The minimum absolute atomic E-state index is 0.363. The Bertz CT molecular complexity index is 732. The topological polar surface area (TPSA) is 55.0 Å². The maximum Gasteiger partial charge on any atom is 0.340 e. The molecule has 3 aromatic rings. The van der Waals surface area contributed by atoms with Crippen molar-refractivity contribution in [3.63, 3.8) is 0 Å². The number of nitrogens with one attached hydrogen (secondary N) is 1.